The summed E-state index contributed by atoms with van der Waals surface area (Å²) in [5.41, 5.74) is 1.06. The smallest absolute Gasteiger partial charge is 0.191 e. The van der Waals surface area contributed by atoms with Gasteiger partial charge in [-0.2, -0.15) is 0 Å². The Labute approximate surface area is 177 Å². The summed E-state index contributed by atoms with van der Waals surface area (Å²) in [5, 5.41) is 9.11. The third kappa shape index (κ3) is 5.42. The number of methoxy groups -OCH3 is 2. The second-order valence-corrected chi connectivity index (χ2v) is 8.31. The highest BCUT2D eigenvalue weighted by molar-refractivity contribution is 7.10. The number of likely N-dealkylation sites (tertiary alicyclic amines) is 1. The molecule has 2 N–H and O–H groups in total. The highest BCUT2D eigenvalue weighted by Crippen LogP contribution is 2.36. The van der Waals surface area contributed by atoms with Crippen LogP contribution in [0, 0.1) is 5.92 Å². The Kier molecular flexibility index (Phi) is 7.77. The average Bonchev–Trinajstić information content (AvgIpc) is 3.28. The monoisotopic (exact) mass is 416 g/mol. The Bertz CT molecular complexity index is 794. The standard InChI is InChI=1S/C22H32N4O2S/c1-23-22(24-14-16-9-10-18(27-3)13-19(16)28-4)25-15-17-7-5-11-26(2)21(17)20-8-6-12-29-20/h6,8-10,12-13,17,21H,5,7,11,14-15H2,1-4H3,(H2,23,24,25). The third-order valence-corrected chi connectivity index (χ3v) is 6.48. The Morgan fingerprint density at radius 1 is 1.24 bits per heavy atom. The Morgan fingerprint density at radius 3 is 2.79 bits per heavy atom. The maximum atomic E-state index is 5.49. The molecule has 2 unspecified atom stereocenters. The van der Waals surface area contributed by atoms with Gasteiger partial charge in [-0.05, 0) is 55.9 Å². The van der Waals surface area contributed by atoms with Gasteiger partial charge in [0.15, 0.2) is 5.96 Å². The summed E-state index contributed by atoms with van der Waals surface area (Å²) in [7, 11) is 7.38. The second kappa shape index (κ2) is 10.5. The molecule has 3 rings (SSSR count). The number of aliphatic imine (C=N–C) groups is 1. The van der Waals surface area contributed by atoms with E-state index in [4.69, 9.17) is 9.47 Å². The predicted octanol–water partition coefficient (Wildman–Crippen LogP) is 3.51. The van der Waals surface area contributed by atoms with Crippen molar-refractivity contribution >= 4 is 17.3 Å². The van der Waals surface area contributed by atoms with Crippen LogP contribution in [-0.4, -0.2) is 52.3 Å². The molecule has 0 aliphatic carbocycles. The normalized spacial score (nSPS) is 20.3. The number of thiophene rings is 1. The zero-order valence-corrected chi connectivity index (χ0v) is 18.6. The quantitative estimate of drug-likeness (QED) is 0.534. The molecule has 0 radical (unpaired) electrons. The van der Waals surface area contributed by atoms with E-state index in [1.165, 1.54) is 17.7 Å². The Balaban J connectivity index is 1.59. The number of hydrogen-bond acceptors (Lipinski definition) is 5. The Morgan fingerprint density at radius 2 is 2.10 bits per heavy atom. The summed E-state index contributed by atoms with van der Waals surface area (Å²) in [4.78, 5) is 8.34. The fourth-order valence-electron chi connectivity index (χ4n) is 4.01. The molecule has 1 aromatic heterocycles. The maximum absolute atomic E-state index is 5.49. The molecule has 1 fully saturated rings. The number of ether oxygens (including phenoxy) is 2. The van der Waals surface area contributed by atoms with Crippen LogP contribution in [0.3, 0.4) is 0 Å². The minimum atomic E-state index is 0.469. The van der Waals surface area contributed by atoms with E-state index < -0.39 is 0 Å². The van der Waals surface area contributed by atoms with Gasteiger partial charge < -0.3 is 20.1 Å². The molecule has 0 spiro atoms. The first-order valence-corrected chi connectivity index (χ1v) is 10.9. The van der Waals surface area contributed by atoms with Crippen molar-refractivity contribution < 1.29 is 9.47 Å². The molecule has 0 saturated carbocycles. The molecular formula is C22H32N4O2S. The van der Waals surface area contributed by atoms with Crippen LogP contribution >= 0.6 is 11.3 Å². The van der Waals surface area contributed by atoms with E-state index in [1.54, 1.807) is 14.2 Å². The van der Waals surface area contributed by atoms with Crippen LogP contribution in [0.4, 0.5) is 0 Å². The van der Waals surface area contributed by atoms with Gasteiger partial charge in [0, 0.05) is 42.7 Å². The van der Waals surface area contributed by atoms with Gasteiger partial charge in [-0.25, -0.2) is 0 Å². The van der Waals surface area contributed by atoms with Crippen molar-refractivity contribution in [2.45, 2.75) is 25.4 Å². The summed E-state index contributed by atoms with van der Waals surface area (Å²) >= 11 is 1.85. The first-order chi connectivity index (χ1) is 14.2. The zero-order valence-electron chi connectivity index (χ0n) is 17.8. The van der Waals surface area contributed by atoms with Gasteiger partial charge in [0.2, 0.25) is 0 Å². The number of guanidine groups is 1. The topological polar surface area (TPSA) is 58.1 Å². The SMILES string of the molecule is CN=C(NCc1ccc(OC)cc1OC)NCC1CCCN(C)C1c1cccs1. The van der Waals surface area contributed by atoms with Gasteiger partial charge in [0.25, 0.3) is 0 Å². The van der Waals surface area contributed by atoms with Crippen LogP contribution in [0.5, 0.6) is 11.5 Å². The third-order valence-electron chi connectivity index (χ3n) is 5.54. The van der Waals surface area contributed by atoms with Crippen LogP contribution in [0.2, 0.25) is 0 Å². The van der Waals surface area contributed by atoms with E-state index in [9.17, 15) is 0 Å². The van der Waals surface area contributed by atoms with E-state index in [-0.39, 0.29) is 0 Å². The minimum Gasteiger partial charge on any atom is -0.497 e. The molecule has 1 aliphatic heterocycles. The van der Waals surface area contributed by atoms with Crippen molar-refractivity contribution in [2.24, 2.45) is 10.9 Å². The molecule has 2 heterocycles. The fourth-order valence-corrected chi connectivity index (χ4v) is 4.99. The number of rotatable bonds is 7. The lowest BCUT2D eigenvalue weighted by atomic mass is 9.88. The van der Waals surface area contributed by atoms with Gasteiger partial charge >= 0.3 is 0 Å². The first kappa shape index (κ1) is 21.5. The molecule has 1 saturated heterocycles. The molecular weight excluding hydrogens is 384 g/mol. The number of nitrogens with zero attached hydrogens (tertiary/aromatic N) is 2. The first-order valence-electron chi connectivity index (χ1n) is 10.0. The Hall–Kier alpha value is -2.25. The lowest BCUT2D eigenvalue weighted by molar-refractivity contribution is 0.125. The molecule has 1 aliphatic rings. The number of nitrogens with one attached hydrogen (secondary N) is 2. The summed E-state index contributed by atoms with van der Waals surface area (Å²) < 4.78 is 10.8. The van der Waals surface area contributed by atoms with E-state index in [0.29, 0.717) is 18.5 Å². The summed E-state index contributed by atoms with van der Waals surface area (Å²) in [6, 6.07) is 10.7. The van der Waals surface area contributed by atoms with Crippen LogP contribution < -0.4 is 20.1 Å². The van der Waals surface area contributed by atoms with Crippen LogP contribution in [0.1, 0.15) is 29.3 Å². The fraction of sp³-hybridized carbons (Fsp3) is 0.500. The van der Waals surface area contributed by atoms with Gasteiger partial charge in [0.1, 0.15) is 11.5 Å². The van der Waals surface area contributed by atoms with Crippen LogP contribution in [0.15, 0.2) is 40.7 Å². The molecule has 1 aromatic carbocycles. The maximum Gasteiger partial charge on any atom is 0.191 e. The second-order valence-electron chi connectivity index (χ2n) is 7.33. The number of benzene rings is 1. The van der Waals surface area contributed by atoms with Gasteiger partial charge in [0.05, 0.1) is 14.2 Å². The largest absolute Gasteiger partial charge is 0.497 e. The van der Waals surface area contributed by atoms with Crippen LogP contribution in [-0.2, 0) is 6.54 Å². The van der Waals surface area contributed by atoms with E-state index in [0.717, 1.165) is 36.1 Å². The molecule has 7 heteroatoms. The molecule has 29 heavy (non-hydrogen) atoms. The molecule has 2 atom stereocenters. The van der Waals surface area contributed by atoms with Gasteiger partial charge in [-0.1, -0.05) is 6.07 Å². The molecule has 6 nitrogen and oxygen atoms in total. The lowest BCUT2D eigenvalue weighted by Gasteiger charge is -2.39. The van der Waals surface area contributed by atoms with Gasteiger partial charge in [-0.15, -0.1) is 11.3 Å². The van der Waals surface area contributed by atoms with Crippen molar-refractivity contribution in [3.05, 3.63) is 46.2 Å². The van der Waals surface area contributed by atoms with Crippen molar-refractivity contribution in [3.63, 3.8) is 0 Å². The highest BCUT2D eigenvalue weighted by atomic mass is 32.1. The zero-order chi connectivity index (χ0) is 20.6. The van der Waals surface area contributed by atoms with Crippen molar-refractivity contribution in [1.29, 1.82) is 0 Å². The molecule has 0 amide bonds. The van der Waals surface area contributed by atoms with Crippen molar-refractivity contribution in [3.8, 4) is 11.5 Å². The van der Waals surface area contributed by atoms with Crippen LogP contribution in [0.25, 0.3) is 0 Å². The van der Waals surface area contributed by atoms with E-state index in [1.807, 2.05) is 36.6 Å². The van der Waals surface area contributed by atoms with Crippen molar-refractivity contribution in [2.75, 3.05) is 41.4 Å². The number of piperidine rings is 1. The van der Waals surface area contributed by atoms with Crippen molar-refractivity contribution in [1.82, 2.24) is 15.5 Å². The molecule has 2 aromatic rings. The lowest BCUT2D eigenvalue weighted by Crippen LogP contribution is -2.44. The predicted molar refractivity (Wildman–Crippen MR) is 120 cm³/mol. The van der Waals surface area contributed by atoms with E-state index in [2.05, 4.69) is 45.1 Å². The summed E-state index contributed by atoms with van der Waals surface area (Å²) in [6.07, 6.45) is 2.46. The van der Waals surface area contributed by atoms with E-state index >= 15 is 0 Å². The van der Waals surface area contributed by atoms with Gasteiger partial charge in [-0.3, -0.25) is 9.89 Å². The highest BCUT2D eigenvalue weighted by Gasteiger charge is 2.31. The minimum absolute atomic E-state index is 0.469. The number of hydrogen-bond donors (Lipinski definition) is 2. The molecule has 158 valence electrons. The summed E-state index contributed by atoms with van der Waals surface area (Å²) in [6.45, 7) is 2.68. The summed E-state index contributed by atoms with van der Waals surface area (Å²) in [5.74, 6) is 2.95. The molecule has 0 bridgehead atoms. The average molecular weight is 417 g/mol.